The van der Waals surface area contributed by atoms with Crippen LogP contribution in [0.4, 0.5) is 5.69 Å². The van der Waals surface area contributed by atoms with Gasteiger partial charge in [0.2, 0.25) is 0 Å². The lowest BCUT2D eigenvalue weighted by atomic mass is 10.0. The number of esters is 1. The number of ether oxygens (including phenoxy) is 1. The van der Waals surface area contributed by atoms with Crippen molar-refractivity contribution in [2.75, 3.05) is 12.3 Å². The summed E-state index contributed by atoms with van der Waals surface area (Å²) in [5.74, 6) is -0.667. The first-order chi connectivity index (χ1) is 10.0. The Morgan fingerprint density at radius 1 is 1.10 bits per heavy atom. The minimum absolute atomic E-state index is 0.0868. The molecule has 0 aromatic heterocycles. The summed E-state index contributed by atoms with van der Waals surface area (Å²) in [7, 11) is 0. The Bertz CT molecular complexity index is 677. The van der Waals surface area contributed by atoms with E-state index in [4.69, 9.17) is 10.5 Å². The minimum Gasteiger partial charge on any atom is -0.508 e. The van der Waals surface area contributed by atoms with Crippen molar-refractivity contribution in [1.82, 2.24) is 0 Å². The number of anilines is 1. The molecule has 0 aliphatic rings. The molecule has 0 heterocycles. The van der Waals surface area contributed by atoms with Crippen LogP contribution in [0.5, 0.6) is 5.75 Å². The lowest BCUT2D eigenvalue weighted by Crippen LogP contribution is -2.10. The van der Waals surface area contributed by atoms with E-state index in [1.165, 1.54) is 42.5 Å². The summed E-state index contributed by atoms with van der Waals surface area (Å²) in [6.45, 7) is 1.96. The molecule has 0 saturated carbocycles. The van der Waals surface area contributed by atoms with Crippen LogP contribution in [-0.4, -0.2) is 23.5 Å². The van der Waals surface area contributed by atoms with Gasteiger partial charge in [0, 0.05) is 16.8 Å². The van der Waals surface area contributed by atoms with Gasteiger partial charge < -0.3 is 15.6 Å². The number of carbonyl (C=O) groups is 2. The number of benzene rings is 2. The summed E-state index contributed by atoms with van der Waals surface area (Å²) in [5.41, 5.74) is 7.02. The molecule has 2 rings (SSSR count). The number of hydrogen-bond acceptors (Lipinski definition) is 5. The van der Waals surface area contributed by atoms with Crippen molar-refractivity contribution in [2.45, 2.75) is 6.92 Å². The van der Waals surface area contributed by atoms with Crippen LogP contribution >= 0.6 is 0 Å². The van der Waals surface area contributed by atoms with Crippen LogP contribution < -0.4 is 5.73 Å². The summed E-state index contributed by atoms with van der Waals surface area (Å²) in [5, 5.41) is 9.22. The maximum atomic E-state index is 12.3. The lowest BCUT2D eigenvalue weighted by molar-refractivity contribution is 0.0527. The van der Waals surface area contributed by atoms with Crippen LogP contribution in [0.3, 0.4) is 0 Å². The zero-order valence-corrected chi connectivity index (χ0v) is 11.5. The zero-order chi connectivity index (χ0) is 15.4. The van der Waals surface area contributed by atoms with Crippen LogP contribution in [0.15, 0.2) is 42.5 Å². The van der Waals surface area contributed by atoms with Crippen LogP contribution in [0.2, 0.25) is 0 Å². The molecule has 0 spiro atoms. The number of carbonyl (C=O) groups excluding carboxylic acids is 2. The Hall–Kier alpha value is -2.82. The van der Waals surface area contributed by atoms with Crippen LogP contribution in [0.1, 0.15) is 33.2 Å². The predicted octanol–water partition coefficient (Wildman–Crippen LogP) is 2.38. The second-order valence-corrected chi connectivity index (χ2v) is 4.40. The average Bonchev–Trinajstić information content (AvgIpc) is 2.47. The van der Waals surface area contributed by atoms with Gasteiger partial charge in [-0.25, -0.2) is 4.79 Å². The van der Waals surface area contributed by atoms with E-state index in [0.29, 0.717) is 11.1 Å². The Kier molecular flexibility index (Phi) is 4.23. The van der Waals surface area contributed by atoms with E-state index in [0.717, 1.165) is 0 Å². The number of nitrogens with two attached hydrogens (primary N) is 1. The number of phenolic OH excluding ortho intramolecular Hbond substituents is 1. The lowest BCUT2D eigenvalue weighted by Gasteiger charge is -2.07. The molecule has 0 unspecified atom stereocenters. The minimum atomic E-state index is -0.515. The van der Waals surface area contributed by atoms with Crippen molar-refractivity contribution in [2.24, 2.45) is 0 Å². The standard InChI is InChI=1S/C16H15NO4/c1-2-21-16(20)13-8-5-11(9-14(13)17)15(19)10-3-6-12(18)7-4-10/h3-9,18H,2,17H2,1H3. The summed E-state index contributed by atoms with van der Waals surface area (Å²) in [6.07, 6.45) is 0. The molecule has 0 radical (unpaired) electrons. The summed E-state index contributed by atoms with van der Waals surface area (Å²) < 4.78 is 4.88. The number of rotatable bonds is 4. The van der Waals surface area contributed by atoms with E-state index in [2.05, 4.69) is 0 Å². The third-order valence-corrected chi connectivity index (χ3v) is 2.94. The monoisotopic (exact) mass is 285 g/mol. The van der Waals surface area contributed by atoms with Gasteiger partial charge in [-0.1, -0.05) is 6.07 Å². The molecule has 0 atom stereocenters. The molecule has 5 heteroatoms. The van der Waals surface area contributed by atoms with Gasteiger partial charge in [0.15, 0.2) is 5.78 Å². The van der Waals surface area contributed by atoms with Gasteiger partial charge in [-0.05, 0) is 43.3 Å². The molecule has 3 N–H and O–H groups in total. The number of hydrogen-bond donors (Lipinski definition) is 2. The molecule has 0 saturated heterocycles. The molecule has 21 heavy (non-hydrogen) atoms. The molecule has 0 aliphatic heterocycles. The smallest absolute Gasteiger partial charge is 0.340 e. The van der Waals surface area contributed by atoms with Crippen LogP contribution in [-0.2, 0) is 4.74 Å². The second kappa shape index (κ2) is 6.09. The van der Waals surface area contributed by atoms with Gasteiger partial charge in [0.1, 0.15) is 5.75 Å². The summed E-state index contributed by atoms with van der Waals surface area (Å²) in [4.78, 5) is 23.9. The third kappa shape index (κ3) is 3.20. The molecule has 108 valence electrons. The molecule has 0 amide bonds. The van der Waals surface area contributed by atoms with Gasteiger partial charge >= 0.3 is 5.97 Å². The summed E-state index contributed by atoms with van der Waals surface area (Å²) >= 11 is 0. The van der Waals surface area contributed by atoms with Crippen molar-refractivity contribution >= 4 is 17.4 Å². The number of aromatic hydroxyl groups is 1. The number of nitrogen functional groups attached to an aromatic ring is 1. The maximum Gasteiger partial charge on any atom is 0.340 e. The quantitative estimate of drug-likeness (QED) is 0.511. The van der Waals surface area contributed by atoms with Crippen molar-refractivity contribution in [3.05, 3.63) is 59.2 Å². The molecule has 2 aromatic rings. The normalized spacial score (nSPS) is 10.1. The van der Waals surface area contributed by atoms with Crippen LogP contribution in [0.25, 0.3) is 0 Å². The van der Waals surface area contributed by atoms with Gasteiger partial charge in [0.05, 0.1) is 12.2 Å². The fourth-order valence-corrected chi connectivity index (χ4v) is 1.88. The Labute approximate surface area is 122 Å². The van der Waals surface area contributed by atoms with Crippen molar-refractivity contribution in [3.63, 3.8) is 0 Å². The Balaban J connectivity index is 2.29. The van der Waals surface area contributed by atoms with Crippen molar-refractivity contribution < 1.29 is 19.4 Å². The first-order valence-electron chi connectivity index (χ1n) is 6.43. The highest BCUT2D eigenvalue weighted by molar-refractivity contribution is 6.10. The Morgan fingerprint density at radius 2 is 1.71 bits per heavy atom. The molecular formula is C16H15NO4. The van der Waals surface area contributed by atoms with E-state index in [1.807, 2.05) is 0 Å². The fraction of sp³-hybridized carbons (Fsp3) is 0.125. The van der Waals surface area contributed by atoms with Gasteiger partial charge in [-0.2, -0.15) is 0 Å². The van der Waals surface area contributed by atoms with E-state index in [-0.39, 0.29) is 29.4 Å². The molecule has 0 aliphatic carbocycles. The highest BCUT2D eigenvalue weighted by Gasteiger charge is 2.15. The van der Waals surface area contributed by atoms with Gasteiger partial charge in [-0.15, -0.1) is 0 Å². The van der Waals surface area contributed by atoms with E-state index < -0.39 is 5.97 Å². The predicted molar refractivity (Wildman–Crippen MR) is 78.4 cm³/mol. The molecule has 0 bridgehead atoms. The van der Waals surface area contributed by atoms with Gasteiger partial charge in [-0.3, -0.25) is 4.79 Å². The highest BCUT2D eigenvalue weighted by Crippen LogP contribution is 2.19. The largest absolute Gasteiger partial charge is 0.508 e. The average molecular weight is 285 g/mol. The maximum absolute atomic E-state index is 12.3. The Morgan fingerprint density at radius 3 is 2.29 bits per heavy atom. The highest BCUT2D eigenvalue weighted by atomic mass is 16.5. The van der Waals surface area contributed by atoms with E-state index in [1.54, 1.807) is 6.92 Å². The topological polar surface area (TPSA) is 89.6 Å². The fourth-order valence-electron chi connectivity index (χ4n) is 1.88. The first-order valence-corrected chi connectivity index (χ1v) is 6.43. The van der Waals surface area contributed by atoms with Crippen LogP contribution in [0, 0.1) is 0 Å². The first kappa shape index (κ1) is 14.6. The zero-order valence-electron chi connectivity index (χ0n) is 11.5. The molecular weight excluding hydrogens is 270 g/mol. The number of ketones is 1. The number of phenols is 1. The van der Waals surface area contributed by atoms with E-state index >= 15 is 0 Å². The molecule has 5 nitrogen and oxygen atoms in total. The summed E-state index contributed by atoms with van der Waals surface area (Å²) in [6, 6.07) is 10.4. The second-order valence-electron chi connectivity index (χ2n) is 4.40. The van der Waals surface area contributed by atoms with Gasteiger partial charge in [0.25, 0.3) is 0 Å². The SMILES string of the molecule is CCOC(=O)c1ccc(C(=O)c2ccc(O)cc2)cc1N. The van der Waals surface area contributed by atoms with E-state index in [9.17, 15) is 14.7 Å². The van der Waals surface area contributed by atoms with Crippen molar-refractivity contribution in [3.8, 4) is 5.75 Å². The third-order valence-electron chi connectivity index (χ3n) is 2.94. The van der Waals surface area contributed by atoms with Crippen molar-refractivity contribution in [1.29, 1.82) is 0 Å². The molecule has 2 aromatic carbocycles. The molecule has 0 fully saturated rings.